The summed E-state index contributed by atoms with van der Waals surface area (Å²) in [6, 6.07) is 11.3. The van der Waals surface area contributed by atoms with E-state index in [2.05, 4.69) is 61.5 Å². The molecule has 108 valence electrons. The second-order valence-corrected chi connectivity index (χ2v) is 6.45. The molecule has 1 unspecified atom stereocenters. The summed E-state index contributed by atoms with van der Waals surface area (Å²) in [6.07, 6.45) is 1.09. The van der Waals surface area contributed by atoms with Gasteiger partial charge >= 0.3 is 0 Å². The summed E-state index contributed by atoms with van der Waals surface area (Å²) < 4.78 is 0. The van der Waals surface area contributed by atoms with Crippen molar-refractivity contribution in [3.05, 3.63) is 57.3 Å². The second kappa shape index (κ2) is 7.02. The standard InChI is InChI=1S/C17H24N2S/c1-13-6-7-16(14(2)11-13)17(12-18)19(3)9-8-15-5-4-10-20-15/h4-7,10-11,17H,8-9,12,18H2,1-3H3. The quantitative estimate of drug-likeness (QED) is 0.881. The van der Waals surface area contributed by atoms with E-state index in [-0.39, 0.29) is 0 Å². The van der Waals surface area contributed by atoms with Crippen LogP contribution in [0, 0.1) is 13.8 Å². The van der Waals surface area contributed by atoms with Crippen LogP contribution < -0.4 is 5.73 Å². The molecule has 1 aromatic carbocycles. The molecule has 1 aromatic heterocycles. The van der Waals surface area contributed by atoms with E-state index in [0.717, 1.165) is 13.0 Å². The van der Waals surface area contributed by atoms with Crippen LogP contribution in [0.3, 0.4) is 0 Å². The maximum absolute atomic E-state index is 6.02. The molecule has 0 bridgehead atoms. The fourth-order valence-electron chi connectivity index (χ4n) is 2.64. The van der Waals surface area contributed by atoms with Gasteiger partial charge in [0.05, 0.1) is 0 Å². The fourth-order valence-corrected chi connectivity index (χ4v) is 3.34. The van der Waals surface area contributed by atoms with Crippen LogP contribution in [0.25, 0.3) is 0 Å². The smallest absolute Gasteiger partial charge is 0.0470 e. The Kier molecular flexibility index (Phi) is 5.35. The predicted molar refractivity (Wildman–Crippen MR) is 88.4 cm³/mol. The zero-order chi connectivity index (χ0) is 14.5. The molecule has 0 spiro atoms. The minimum Gasteiger partial charge on any atom is -0.329 e. The van der Waals surface area contributed by atoms with Crippen LogP contribution in [0.5, 0.6) is 0 Å². The van der Waals surface area contributed by atoms with E-state index >= 15 is 0 Å². The van der Waals surface area contributed by atoms with Gasteiger partial charge in [-0.3, -0.25) is 4.90 Å². The first-order valence-corrected chi connectivity index (χ1v) is 7.99. The van der Waals surface area contributed by atoms with Crippen LogP contribution in [-0.2, 0) is 6.42 Å². The zero-order valence-electron chi connectivity index (χ0n) is 12.6. The van der Waals surface area contributed by atoms with Gasteiger partial charge < -0.3 is 5.73 Å². The van der Waals surface area contributed by atoms with Gasteiger partial charge in [0.1, 0.15) is 0 Å². The molecular formula is C17H24N2S. The van der Waals surface area contributed by atoms with Crippen molar-refractivity contribution in [2.45, 2.75) is 26.3 Å². The topological polar surface area (TPSA) is 29.3 Å². The molecule has 0 fully saturated rings. The number of thiophene rings is 1. The summed E-state index contributed by atoms with van der Waals surface area (Å²) in [5, 5.41) is 2.14. The molecule has 0 aliphatic rings. The molecule has 2 rings (SSSR count). The van der Waals surface area contributed by atoms with E-state index in [1.165, 1.54) is 21.6 Å². The average Bonchev–Trinajstić information content (AvgIpc) is 2.93. The number of hydrogen-bond acceptors (Lipinski definition) is 3. The van der Waals surface area contributed by atoms with Crippen molar-refractivity contribution in [3.8, 4) is 0 Å². The Hall–Kier alpha value is -1.16. The van der Waals surface area contributed by atoms with Gasteiger partial charge in [0.25, 0.3) is 0 Å². The lowest BCUT2D eigenvalue weighted by atomic mass is 9.98. The van der Waals surface area contributed by atoms with Crippen LogP contribution in [0.2, 0.25) is 0 Å². The molecule has 0 aliphatic heterocycles. The van der Waals surface area contributed by atoms with Crippen LogP contribution in [0.1, 0.15) is 27.6 Å². The molecular weight excluding hydrogens is 264 g/mol. The Morgan fingerprint density at radius 3 is 2.65 bits per heavy atom. The number of hydrogen-bond donors (Lipinski definition) is 1. The molecule has 20 heavy (non-hydrogen) atoms. The Morgan fingerprint density at radius 1 is 1.25 bits per heavy atom. The fraction of sp³-hybridized carbons (Fsp3) is 0.412. The molecule has 0 amide bonds. The van der Waals surface area contributed by atoms with Gasteiger partial charge in [0.2, 0.25) is 0 Å². The summed E-state index contributed by atoms with van der Waals surface area (Å²) in [4.78, 5) is 3.81. The largest absolute Gasteiger partial charge is 0.329 e. The van der Waals surface area contributed by atoms with Crippen LogP contribution >= 0.6 is 11.3 Å². The van der Waals surface area contributed by atoms with Gasteiger partial charge in [-0.2, -0.15) is 0 Å². The van der Waals surface area contributed by atoms with Gasteiger partial charge in [-0.1, -0.05) is 29.8 Å². The molecule has 2 nitrogen and oxygen atoms in total. The molecule has 0 saturated heterocycles. The first kappa shape index (κ1) is 15.2. The van der Waals surface area contributed by atoms with Crippen LogP contribution in [0.4, 0.5) is 0 Å². The monoisotopic (exact) mass is 288 g/mol. The number of likely N-dealkylation sites (N-methyl/N-ethyl adjacent to an activating group) is 1. The Bertz CT molecular complexity index is 534. The summed E-state index contributed by atoms with van der Waals surface area (Å²) >= 11 is 1.83. The van der Waals surface area contributed by atoms with E-state index in [1.54, 1.807) is 0 Å². The van der Waals surface area contributed by atoms with E-state index in [4.69, 9.17) is 5.73 Å². The van der Waals surface area contributed by atoms with E-state index in [1.807, 2.05) is 11.3 Å². The maximum Gasteiger partial charge on any atom is 0.0470 e. The number of nitrogens with zero attached hydrogens (tertiary/aromatic N) is 1. The van der Waals surface area contributed by atoms with Crippen molar-refractivity contribution < 1.29 is 0 Å². The highest BCUT2D eigenvalue weighted by atomic mass is 32.1. The van der Waals surface area contributed by atoms with E-state index in [0.29, 0.717) is 12.6 Å². The third-order valence-electron chi connectivity index (χ3n) is 3.83. The highest BCUT2D eigenvalue weighted by molar-refractivity contribution is 7.09. The van der Waals surface area contributed by atoms with Gasteiger partial charge in [-0.05, 0) is 49.9 Å². The van der Waals surface area contributed by atoms with Crippen molar-refractivity contribution >= 4 is 11.3 Å². The van der Waals surface area contributed by atoms with Gasteiger partial charge in [0, 0.05) is 24.0 Å². The molecule has 1 heterocycles. The van der Waals surface area contributed by atoms with Crippen molar-refractivity contribution in [3.63, 3.8) is 0 Å². The third kappa shape index (κ3) is 3.69. The first-order chi connectivity index (χ1) is 9.61. The Morgan fingerprint density at radius 2 is 2.05 bits per heavy atom. The van der Waals surface area contributed by atoms with Crippen molar-refractivity contribution in [1.29, 1.82) is 0 Å². The van der Waals surface area contributed by atoms with Crippen molar-refractivity contribution in [1.82, 2.24) is 4.90 Å². The Labute approximate surface area is 126 Å². The van der Waals surface area contributed by atoms with Gasteiger partial charge in [-0.15, -0.1) is 11.3 Å². The number of nitrogens with two attached hydrogens (primary N) is 1. The molecule has 1 atom stereocenters. The number of rotatable bonds is 6. The van der Waals surface area contributed by atoms with E-state index in [9.17, 15) is 0 Å². The molecule has 0 saturated carbocycles. The second-order valence-electron chi connectivity index (χ2n) is 5.42. The highest BCUT2D eigenvalue weighted by Crippen LogP contribution is 2.23. The normalized spacial score (nSPS) is 12.8. The van der Waals surface area contributed by atoms with Gasteiger partial charge in [0.15, 0.2) is 0 Å². The van der Waals surface area contributed by atoms with Crippen LogP contribution in [0.15, 0.2) is 35.7 Å². The molecule has 3 heteroatoms. The lowest BCUT2D eigenvalue weighted by Gasteiger charge is -2.28. The zero-order valence-corrected chi connectivity index (χ0v) is 13.4. The van der Waals surface area contributed by atoms with Gasteiger partial charge in [-0.25, -0.2) is 0 Å². The molecule has 0 aliphatic carbocycles. The minimum atomic E-state index is 0.301. The maximum atomic E-state index is 6.02. The number of aryl methyl sites for hydroxylation is 2. The Balaban J connectivity index is 2.06. The highest BCUT2D eigenvalue weighted by Gasteiger charge is 2.17. The number of benzene rings is 1. The van der Waals surface area contributed by atoms with E-state index < -0.39 is 0 Å². The SMILES string of the molecule is Cc1ccc(C(CN)N(C)CCc2cccs2)c(C)c1. The predicted octanol–water partition coefficient (Wildman–Crippen LogP) is 3.54. The summed E-state index contributed by atoms with van der Waals surface area (Å²) in [6.45, 7) is 6.01. The lowest BCUT2D eigenvalue weighted by molar-refractivity contribution is 0.253. The summed E-state index contributed by atoms with van der Waals surface area (Å²) in [5.74, 6) is 0. The molecule has 2 aromatic rings. The van der Waals surface area contributed by atoms with Crippen LogP contribution in [-0.4, -0.2) is 25.0 Å². The molecule has 2 N–H and O–H groups in total. The lowest BCUT2D eigenvalue weighted by Crippen LogP contribution is -2.32. The summed E-state index contributed by atoms with van der Waals surface area (Å²) in [7, 11) is 2.17. The van der Waals surface area contributed by atoms with Crippen molar-refractivity contribution in [2.24, 2.45) is 5.73 Å². The third-order valence-corrected chi connectivity index (χ3v) is 4.77. The average molecular weight is 288 g/mol. The summed E-state index contributed by atoms with van der Waals surface area (Å²) in [5.41, 5.74) is 10.0. The first-order valence-electron chi connectivity index (χ1n) is 7.11. The minimum absolute atomic E-state index is 0.301. The van der Waals surface area contributed by atoms with Crippen molar-refractivity contribution in [2.75, 3.05) is 20.1 Å². The molecule has 0 radical (unpaired) electrons.